The second kappa shape index (κ2) is 4.53. The molecule has 0 radical (unpaired) electrons. The molecular formula is C8H13N3OS. The van der Waals surface area contributed by atoms with Crippen molar-refractivity contribution in [3.63, 3.8) is 0 Å². The van der Waals surface area contributed by atoms with Crippen molar-refractivity contribution in [2.75, 3.05) is 25.1 Å². The topological polar surface area (TPSA) is 47.0 Å². The molecule has 2 rings (SSSR count). The van der Waals surface area contributed by atoms with E-state index in [9.17, 15) is 0 Å². The molecule has 0 aromatic carbocycles. The first kappa shape index (κ1) is 8.90. The summed E-state index contributed by atoms with van der Waals surface area (Å²) in [6, 6.07) is 0. The highest BCUT2D eigenvalue weighted by Gasteiger charge is 2.13. The highest BCUT2D eigenvalue weighted by atomic mass is 32.1. The summed E-state index contributed by atoms with van der Waals surface area (Å²) < 4.78 is 9.21. The van der Waals surface area contributed by atoms with Gasteiger partial charge in [-0.25, -0.2) is 4.98 Å². The molecular weight excluding hydrogens is 186 g/mol. The van der Waals surface area contributed by atoms with Crippen LogP contribution in [0.2, 0.25) is 0 Å². The van der Waals surface area contributed by atoms with Crippen molar-refractivity contribution >= 4 is 16.7 Å². The molecule has 1 aliphatic heterocycles. The maximum absolute atomic E-state index is 5.28. The largest absolute Gasteiger partial charge is 0.381 e. The van der Waals surface area contributed by atoms with Gasteiger partial charge in [-0.3, -0.25) is 0 Å². The van der Waals surface area contributed by atoms with E-state index >= 15 is 0 Å². The first-order valence-electron chi connectivity index (χ1n) is 4.53. The summed E-state index contributed by atoms with van der Waals surface area (Å²) in [6.45, 7) is 2.81. The summed E-state index contributed by atoms with van der Waals surface area (Å²) in [5, 5.41) is 4.21. The number of nitrogens with one attached hydrogen (secondary N) is 1. The lowest BCUT2D eigenvalue weighted by Gasteiger charge is -2.21. The average Bonchev–Trinajstić information content (AvgIpc) is 2.69. The van der Waals surface area contributed by atoms with Crippen molar-refractivity contribution in [2.24, 2.45) is 5.92 Å². The van der Waals surface area contributed by atoms with E-state index < -0.39 is 0 Å². The molecule has 1 aliphatic rings. The number of hydrogen-bond donors (Lipinski definition) is 1. The summed E-state index contributed by atoms with van der Waals surface area (Å²) in [4.78, 5) is 4.07. The molecule has 2 heterocycles. The Hall–Kier alpha value is -0.680. The second-order valence-electron chi connectivity index (χ2n) is 3.18. The minimum Gasteiger partial charge on any atom is -0.381 e. The molecule has 1 fully saturated rings. The zero-order valence-corrected chi connectivity index (χ0v) is 8.22. The Labute approximate surface area is 81.5 Å². The number of rotatable bonds is 3. The summed E-state index contributed by atoms with van der Waals surface area (Å²) in [6.07, 6.45) is 3.90. The second-order valence-corrected chi connectivity index (χ2v) is 3.96. The minimum atomic E-state index is 0.734. The molecule has 13 heavy (non-hydrogen) atoms. The van der Waals surface area contributed by atoms with E-state index in [2.05, 4.69) is 14.7 Å². The van der Waals surface area contributed by atoms with Gasteiger partial charge in [-0.15, -0.1) is 0 Å². The Morgan fingerprint density at radius 1 is 1.54 bits per heavy atom. The van der Waals surface area contributed by atoms with E-state index in [-0.39, 0.29) is 0 Å². The lowest BCUT2D eigenvalue weighted by molar-refractivity contribution is 0.0699. The third-order valence-corrected chi connectivity index (χ3v) is 2.87. The molecule has 0 bridgehead atoms. The van der Waals surface area contributed by atoms with E-state index in [1.165, 1.54) is 11.5 Å². The van der Waals surface area contributed by atoms with Crippen LogP contribution in [0.4, 0.5) is 5.13 Å². The van der Waals surface area contributed by atoms with E-state index in [1.54, 1.807) is 6.33 Å². The summed E-state index contributed by atoms with van der Waals surface area (Å²) in [7, 11) is 0. The molecule has 1 aromatic rings. The van der Waals surface area contributed by atoms with Gasteiger partial charge in [0.05, 0.1) is 0 Å². The highest BCUT2D eigenvalue weighted by molar-refractivity contribution is 7.09. The summed E-state index contributed by atoms with van der Waals surface area (Å²) in [5.41, 5.74) is 0. The van der Waals surface area contributed by atoms with Crippen molar-refractivity contribution < 1.29 is 4.74 Å². The van der Waals surface area contributed by atoms with Crippen molar-refractivity contribution in [1.82, 2.24) is 9.36 Å². The Morgan fingerprint density at radius 3 is 3.08 bits per heavy atom. The van der Waals surface area contributed by atoms with Crippen LogP contribution in [0, 0.1) is 5.92 Å². The number of ether oxygens (including phenoxy) is 1. The van der Waals surface area contributed by atoms with Gasteiger partial charge in [-0.05, 0) is 18.8 Å². The third kappa shape index (κ3) is 2.63. The normalized spacial score (nSPS) is 18.8. The predicted molar refractivity (Wildman–Crippen MR) is 51.9 cm³/mol. The molecule has 1 N–H and O–H groups in total. The maximum atomic E-state index is 5.28. The first-order valence-corrected chi connectivity index (χ1v) is 5.31. The average molecular weight is 199 g/mol. The molecule has 0 spiro atoms. The zero-order chi connectivity index (χ0) is 8.93. The third-order valence-electron chi connectivity index (χ3n) is 2.24. The van der Waals surface area contributed by atoms with E-state index in [4.69, 9.17) is 4.74 Å². The van der Waals surface area contributed by atoms with Crippen molar-refractivity contribution in [1.29, 1.82) is 0 Å². The fourth-order valence-electron chi connectivity index (χ4n) is 1.43. The van der Waals surface area contributed by atoms with Gasteiger partial charge < -0.3 is 10.1 Å². The van der Waals surface area contributed by atoms with Crippen LogP contribution < -0.4 is 5.32 Å². The van der Waals surface area contributed by atoms with Crippen molar-refractivity contribution in [3.05, 3.63) is 6.33 Å². The Balaban J connectivity index is 1.72. The molecule has 0 atom stereocenters. The SMILES string of the molecule is c1nsc(NCC2CCOCC2)n1. The molecule has 1 aromatic heterocycles. The molecule has 1 saturated heterocycles. The molecule has 72 valence electrons. The number of anilines is 1. The lowest BCUT2D eigenvalue weighted by atomic mass is 10.0. The quantitative estimate of drug-likeness (QED) is 0.799. The molecule has 0 saturated carbocycles. The van der Waals surface area contributed by atoms with Gasteiger partial charge in [0.25, 0.3) is 0 Å². The Kier molecular flexibility index (Phi) is 3.10. The highest BCUT2D eigenvalue weighted by Crippen LogP contribution is 2.16. The van der Waals surface area contributed by atoms with Gasteiger partial charge in [0.1, 0.15) is 6.33 Å². The van der Waals surface area contributed by atoms with E-state index in [0.717, 1.165) is 43.6 Å². The van der Waals surface area contributed by atoms with Crippen molar-refractivity contribution in [3.8, 4) is 0 Å². The van der Waals surface area contributed by atoms with Crippen LogP contribution in [0.15, 0.2) is 6.33 Å². The number of hydrogen-bond acceptors (Lipinski definition) is 5. The van der Waals surface area contributed by atoms with Gasteiger partial charge in [-0.1, -0.05) is 0 Å². The van der Waals surface area contributed by atoms with E-state index in [1.807, 2.05) is 0 Å². The minimum absolute atomic E-state index is 0.734. The fraction of sp³-hybridized carbons (Fsp3) is 0.750. The van der Waals surface area contributed by atoms with Gasteiger partial charge >= 0.3 is 0 Å². The van der Waals surface area contributed by atoms with Gasteiger partial charge in [0.15, 0.2) is 0 Å². The standard InChI is InChI=1S/C8H13N3OS/c1-3-12-4-2-7(1)5-9-8-10-6-11-13-8/h6-7H,1-5H2,(H,9,10,11). The number of aromatic nitrogens is 2. The summed E-state index contributed by atoms with van der Waals surface area (Å²) in [5.74, 6) is 0.734. The van der Waals surface area contributed by atoms with Crippen LogP contribution in [-0.2, 0) is 4.74 Å². The maximum Gasteiger partial charge on any atom is 0.202 e. The van der Waals surface area contributed by atoms with Crippen LogP contribution in [0.1, 0.15) is 12.8 Å². The van der Waals surface area contributed by atoms with Crippen LogP contribution in [0.25, 0.3) is 0 Å². The van der Waals surface area contributed by atoms with Gasteiger partial charge in [0, 0.05) is 31.3 Å². The Morgan fingerprint density at radius 2 is 2.38 bits per heavy atom. The smallest absolute Gasteiger partial charge is 0.202 e. The Bertz CT molecular complexity index is 234. The van der Waals surface area contributed by atoms with Gasteiger partial charge in [0.2, 0.25) is 5.13 Å². The zero-order valence-electron chi connectivity index (χ0n) is 7.40. The fourth-order valence-corrected chi connectivity index (χ4v) is 1.87. The molecule has 4 nitrogen and oxygen atoms in total. The lowest BCUT2D eigenvalue weighted by Crippen LogP contribution is -2.22. The summed E-state index contributed by atoms with van der Waals surface area (Å²) >= 11 is 1.41. The monoisotopic (exact) mass is 199 g/mol. The van der Waals surface area contributed by atoms with Crippen molar-refractivity contribution in [2.45, 2.75) is 12.8 Å². The van der Waals surface area contributed by atoms with Gasteiger partial charge in [-0.2, -0.15) is 4.37 Å². The molecule has 5 heteroatoms. The predicted octanol–water partition coefficient (Wildman–Crippen LogP) is 1.38. The van der Waals surface area contributed by atoms with Crippen LogP contribution in [0.3, 0.4) is 0 Å². The molecule has 0 aliphatic carbocycles. The van der Waals surface area contributed by atoms with Crippen LogP contribution in [0.5, 0.6) is 0 Å². The first-order chi connectivity index (χ1) is 6.45. The van der Waals surface area contributed by atoms with E-state index in [0.29, 0.717) is 0 Å². The van der Waals surface area contributed by atoms with Crippen LogP contribution >= 0.6 is 11.5 Å². The molecule has 0 unspecified atom stereocenters. The van der Waals surface area contributed by atoms with Crippen LogP contribution in [-0.4, -0.2) is 29.1 Å². The number of nitrogens with zero attached hydrogens (tertiary/aromatic N) is 2. The molecule has 0 amide bonds.